The summed E-state index contributed by atoms with van der Waals surface area (Å²) in [4.78, 5) is 45.5. The van der Waals surface area contributed by atoms with Crippen molar-refractivity contribution in [3.8, 4) is 6.07 Å². The number of nitrogens with one attached hydrogen (secondary N) is 3. The summed E-state index contributed by atoms with van der Waals surface area (Å²) >= 11 is 0. The Morgan fingerprint density at radius 1 is 1.23 bits per heavy atom. The monoisotopic (exact) mass is 542 g/mol. The number of fused-ring (bicyclic) bond motifs is 3. The molecule has 6 rings (SSSR count). The van der Waals surface area contributed by atoms with Gasteiger partial charge in [-0.25, -0.2) is 8.78 Å². The van der Waals surface area contributed by atoms with Crippen LogP contribution in [0.25, 0.3) is 0 Å². The summed E-state index contributed by atoms with van der Waals surface area (Å²) in [5.41, 5.74) is 1.58. The predicted octanol–water partition coefficient (Wildman–Crippen LogP) is 2.91. The summed E-state index contributed by atoms with van der Waals surface area (Å²) in [7, 11) is 0. The molecule has 1 aromatic rings. The summed E-state index contributed by atoms with van der Waals surface area (Å²) < 4.78 is 30.3. The van der Waals surface area contributed by atoms with Gasteiger partial charge in [-0.3, -0.25) is 19.4 Å². The Morgan fingerprint density at radius 2 is 2.03 bits per heavy atom. The van der Waals surface area contributed by atoms with Crippen LogP contribution in [0.15, 0.2) is 18.5 Å². The molecule has 210 valence electrons. The van der Waals surface area contributed by atoms with Gasteiger partial charge >= 0.3 is 0 Å². The Labute approximate surface area is 227 Å². The second kappa shape index (κ2) is 11.1. The predicted molar refractivity (Wildman–Crippen MR) is 138 cm³/mol. The largest absolute Gasteiger partial charge is 0.372 e. The van der Waals surface area contributed by atoms with Crippen LogP contribution in [0.4, 0.5) is 14.5 Å². The molecule has 9 nitrogen and oxygen atoms in total. The lowest BCUT2D eigenvalue weighted by atomic mass is 9.71. The first kappa shape index (κ1) is 27.3. The van der Waals surface area contributed by atoms with Crippen molar-refractivity contribution in [1.29, 1.82) is 5.26 Å². The second-order valence-electron chi connectivity index (χ2n) is 11.7. The van der Waals surface area contributed by atoms with Crippen LogP contribution in [-0.4, -0.2) is 64.2 Å². The zero-order valence-electron chi connectivity index (χ0n) is 22.2. The Balaban J connectivity index is 1.38. The van der Waals surface area contributed by atoms with Crippen molar-refractivity contribution >= 4 is 23.4 Å². The van der Waals surface area contributed by atoms with E-state index in [0.717, 1.165) is 24.8 Å². The topological polar surface area (TPSA) is 127 Å². The number of carbonyl (C=O) groups is 3. The highest BCUT2D eigenvalue weighted by Crippen LogP contribution is 2.49. The van der Waals surface area contributed by atoms with E-state index in [1.165, 1.54) is 4.90 Å². The number of halogens is 2. The molecule has 4 heterocycles. The fraction of sp³-hybridized carbons (Fsp3) is 0.679. The van der Waals surface area contributed by atoms with Gasteiger partial charge in [0.2, 0.25) is 17.7 Å². The molecule has 0 spiro atoms. The molecule has 1 aromatic heterocycles. The van der Waals surface area contributed by atoms with E-state index in [4.69, 9.17) is 0 Å². The Kier molecular flexibility index (Phi) is 7.74. The Bertz CT molecular complexity index is 1150. The molecule has 6 atom stereocenters. The van der Waals surface area contributed by atoms with Crippen molar-refractivity contribution < 1.29 is 23.2 Å². The van der Waals surface area contributed by atoms with Crippen molar-refractivity contribution in [2.45, 2.75) is 94.8 Å². The van der Waals surface area contributed by atoms with E-state index < -0.39 is 54.3 Å². The van der Waals surface area contributed by atoms with Gasteiger partial charge in [-0.2, -0.15) is 5.26 Å². The van der Waals surface area contributed by atoms with Crippen molar-refractivity contribution in [1.82, 2.24) is 20.5 Å². The molecule has 2 aliphatic carbocycles. The smallest absolute Gasteiger partial charge is 0.255 e. The first-order chi connectivity index (χ1) is 18.7. The molecule has 11 heteroatoms. The molecular formula is C28H36F2N6O3. The molecule has 2 saturated carbocycles. The van der Waals surface area contributed by atoms with Crippen LogP contribution in [0, 0.1) is 36.0 Å². The Morgan fingerprint density at radius 3 is 2.69 bits per heavy atom. The number of nitriles is 1. The van der Waals surface area contributed by atoms with E-state index in [9.17, 15) is 19.6 Å². The van der Waals surface area contributed by atoms with Gasteiger partial charge in [0.15, 0.2) is 0 Å². The number of amides is 3. The number of hydrogen-bond donors (Lipinski definition) is 3. The number of aryl methyl sites for hydroxylation is 1. The average Bonchev–Trinajstić information content (AvgIpc) is 3.72. The number of piperidine rings is 3. The number of anilines is 1. The van der Waals surface area contributed by atoms with Crippen LogP contribution < -0.4 is 16.0 Å². The summed E-state index contributed by atoms with van der Waals surface area (Å²) in [6.07, 6.45) is 7.42. The lowest BCUT2D eigenvalue weighted by Gasteiger charge is -2.54. The molecule has 2 bridgehead atoms. The quantitative estimate of drug-likeness (QED) is 0.440. The van der Waals surface area contributed by atoms with E-state index >= 15 is 8.78 Å². The standard InChI is InChI=1S/C28H36F2N6O3/c1-16-9-20(15-32-14-16)34-23(10-17-4-5-17)27(39)36-21-6-7-22(28(29,30)12-21)24(36)26(38)35-19(13-31)11-18-3-2-8-33-25(18)37/h9,14-15,17-19,21-24,34H,2-8,10-12H2,1H3,(H,33,37)(H,35,38)/t18-,19-,21-,22-,23-,24+/m1/s1. The lowest BCUT2D eigenvalue weighted by Crippen LogP contribution is -2.70. The number of pyridine rings is 1. The van der Waals surface area contributed by atoms with Crippen LogP contribution in [0.5, 0.6) is 0 Å². The zero-order chi connectivity index (χ0) is 27.7. The van der Waals surface area contributed by atoms with Gasteiger partial charge in [0.25, 0.3) is 5.92 Å². The molecule has 0 unspecified atom stereocenters. The van der Waals surface area contributed by atoms with Gasteiger partial charge in [-0.1, -0.05) is 12.8 Å². The van der Waals surface area contributed by atoms with Crippen molar-refractivity contribution in [2.75, 3.05) is 11.9 Å². The number of alkyl halides is 2. The number of nitrogens with zero attached hydrogens (tertiary/aromatic N) is 3. The van der Waals surface area contributed by atoms with E-state index in [1.807, 2.05) is 19.1 Å². The molecule has 0 aromatic carbocycles. The lowest BCUT2D eigenvalue weighted by molar-refractivity contribution is -0.194. The third-order valence-electron chi connectivity index (χ3n) is 8.63. The maximum atomic E-state index is 15.1. The SMILES string of the molecule is Cc1cncc(N[C@H](CC2CC2)C(=O)N2[C@@H]3CC[C@H]([C@H]2C(=O)N[C@@H](C#N)C[C@H]2CCCNC2=O)C(F)(F)C3)c1. The summed E-state index contributed by atoms with van der Waals surface area (Å²) in [6, 6.07) is 0.0543. The highest BCUT2D eigenvalue weighted by Gasteiger charge is 2.61. The summed E-state index contributed by atoms with van der Waals surface area (Å²) in [5, 5.41) is 18.4. The first-order valence-corrected chi connectivity index (χ1v) is 14.0. The first-order valence-electron chi connectivity index (χ1n) is 14.0. The molecular weight excluding hydrogens is 506 g/mol. The van der Waals surface area contributed by atoms with Crippen molar-refractivity contribution in [3.05, 3.63) is 24.0 Å². The van der Waals surface area contributed by atoms with Crippen molar-refractivity contribution in [3.63, 3.8) is 0 Å². The van der Waals surface area contributed by atoms with Gasteiger partial charge in [0.1, 0.15) is 18.1 Å². The molecule has 5 aliphatic rings. The van der Waals surface area contributed by atoms with Crippen LogP contribution >= 0.6 is 0 Å². The molecule has 3 aliphatic heterocycles. The average molecular weight is 543 g/mol. The molecule has 3 N–H and O–H groups in total. The maximum absolute atomic E-state index is 15.1. The number of rotatable bonds is 9. The van der Waals surface area contributed by atoms with Gasteiger partial charge in [-0.05, 0) is 63.0 Å². The van der Waals surface area contributed by atoms with Crippen LogP contribution in [-0.2, 0) is 14.4 Å². The number of hydrogen-bond acceptors (Lipinski definition) is 6. The molecule has 39 heavy (non-hydrogen) atoms. The van der Waals surface area contributed by atoms with Crippen LogP contribution in [0.2, 0.25) is 0 Å². The normalized spacial score (nSPS) is 29.1. The zero-order valence-corrected chi connectivity index (χ0v) is 22.2. The highest BCUT2D eigenvalue weighted by atomic mass is 19.3. The fourth-order valence-electron chi connectivity index (χ4n) is 6.49. The molecule has 3 saturated heterocycles. The van der Waals surface area contributed by atoms with Gasteiger partial charge in [-0.15, -0.1) is 0 Å². The molecule has 0 radical (unpaired) electrons. The number of aromatic nitrogens is 1. The van der Waals surface area contributed by atoms with Crippen LogP contribution in [0.3, 0.4) is 0 Å². The van der Waals surface area contributed by atoms with Gasteiger partial charge < -0.3 is 20.9 Å². The fourth-order valence-corrected chi connectivity index (χ4v) is 6.49. The van der Waals surface area contributed by atoms with E-state index in [1.54, 1.807) is 12.4 Å². The van der Waals surface area contributed by atoms with Crippen molar-refractivity contribution in [2.24, 2.45) is 17.8 Å². The van der Waals surface area contributed by atoms with Gasteiger partial charge in [0, 0.05) is 37.3 Å². The summed E-state index contributed by atoms with van der Waals surface area (Å²) in [6.45, 7) is 2.47. The second-order valence-corrected chi connectivity index (χ2v) is 11.7. The third-order valence-corrected chi connectivity index (χ3v) is 8.63. The minimum atomic E-state index is -3.09. The molecule has 3 amide bonds. The van der Waals surface area contributed by atoms with Crippen LogP contribution in [0.1, 0.15) is 63.4 Å². The Hall–Kier alpha value is -3.29. The maximum Gasteiger partial charge on any atom is 0.255 e. The van der Waals surface area contributed by atoms with E-state index in [-0.39, 0.29) is 24.7 Å². The highest BCUT2D eigenvalue weighted by molar-refractivity contribution is 5.92. The number of carbonyl (C=O) groups excluding carboxylic acids is 3. The third kappa shape index (κ3) is 5.99. The van der Waals surface area contributed by atoms with E-state index in [0.29, 0.717) is 37.4 Å². The van der Waals surface area contributed by atoms with Gasteiger partial charge in [0.05, 0.1) is 17.7 Å². The molecule has 5 fully saturated rings. The van der Waals surface area contributed by atoms with E-state index in [2.05, 4.69) is 20.9 Å². The summed E-state index contributed by atoms with van der Waals surface area (Å²) in [5.74, 6) is -5.77. The minimum absolute atomic E-state index is 0.103. The minimum Gasteiger partial charge on any atom is -0.372 e.